The number of nitrogens with zero attached hydrogens (tertiary/aromatic N) is 2. The molecule has 1 aromatic rings. The Morgan fingerprint density at radius 3 is 2.62 bits per heavy atom. The molecule has 1 rings (SSSR count). The van der Waals surface area contributed by atoms with Crippen LogP contribution in [-0.2, 0) is 0 Å². The number of nitrogens with one attached hydrogen (secondary N) is 1. The molecule has 3 N–H and O–H groups in total. The Bertz CT molecular complexity index is 495. The second-order valence-electron chi connectivity index (χ2n) is 3.43. The minimum atomic E-state index is 0.273. The van der Waals surface area contributed by atoms with Gasteiger partial charge in [-0.2, -0.15) is 10.5 Å². The smallest absolute Gasteiger partial charge is 0.131 e. The summed E-state index contributed by atoms with van der Waals surface area (Å²) in [5, 5.41) is 21.5. The summed E-state index contributed by atoms with van der Waals surface area (Å²) in [4.78, 5) is 0.385. The van der Waals surface area contributed by atoms with Crippen LogP contribution in [0.25, 0.3) is 0 Å². The summed E-state index contributed by atoms with van der Waals surface area (Å²) < 4.78 is 0. The first kappa shape index (κ1) is 12.1. The van der Waals surface area contributed by atoms with E-state index in [0.717, 1.165) is 0 Å². The zero-order chi connectivity index (χ0) is 12.1. The molecule has 0 spiro atoms. The van der Waals surface area contributed by atoms with Gasteiger partial charge in [-0.05, 0) is 13.8 Å². The summed E-state index contributed by atoms with van der Waals surface area (Å²) in [7, 11) is 0. The third-order valence-electron chi connectivity index (χ3n) is 1.93. The van der Waals surface area contributed by atoms with Crippen LogP contribution >= 0.6 is 11.3 Å². The largest absolute Gasteiger partial charge is 0.396 e. The summed E-state index contributed by atoms with van der Waals surface area (Å²) in [5.74, 6) is 0. The van der Waals surface area contributed by atoms with Gasteiger partial charge in [0.2, 0.25) is 0 Å². The highest BCUT2D eigenvalue weighted by molar-refractivity contribution is 7.17. The molecule has 82 valence electrons. The molecular formula is C11H12N4S. The fourth-order valence-corrected chi connectivity index (χ4v) is 1.99. The average molecular weight is 232 g/mol. The lowest BCUT2D eigenvalue weighted by Crippen LogP contribution is -1.99. The third-order valence-corrected chi connectivity index (χ3v) is 3.00. The summed E-state index contributed by atoms with van der Waals surface area (Å²) in [6.45, 7) is 4.62. The van der Waals surface area contributed by atoms with Crippen molar-refractivity contribution >= 4 is 22.0 Å². The molecule has 0 aliphatic rings. The lowest BCUT2D eigenvalue weighted by molar-refractivity contribution is 1.27. The second kappa shape index (κ2) is 5.20. The molecule has 5 heteroatoms. The zero-order valence-corrected chi connectivity index (χ0v) is 9.98. The first-order chi connectivity index (χ1) is 7.60. The molecule has 0 fully saturated rings. The maximum atomic E-state index is 8.93. The van der Waals surface area contributed by atoms with E-state index in [4.69, 9.17) is 16.3 Å². The Morgan fingerprint density at radius 1 is 1.44 bits per heavy atom. The van der Waals surface area contributed by atoms with Crippen molar-refractivity contribution < 1.29 is 0 Å². The number of anilines is 2. The van der Waals surface area contributed by atoms with Crippen molar-refractivity contribution in [2.24, 2.45) is 0 Å². The summed E-state index contributed by atoms with van der Waals surface area (Å²) in [5.41, 5.74) is 7.49. The maximum absolute atomic E-state index is 8.93. The number of nitriles is 2. The predicted octanol–water partition coefficient (Wildman–Crippen LogP) is 2.45. The van der Waals surface area contributed by atoms with E-state index in [-0.39, 0.29) is 5.69 Å². The van der Waals surface area contributed by atoms with Gasteiger partial charge in [0.05, 0.1) is 5.69 Å². The summed E-state index contributed by atoms with van der Waals surface area (Å²) in [6, 6.07) is 3.98. The maximum Gasteiger partial charge on any atom is 0.131 e. The fourth-order valence-electron chi connectivity index (χ4n) is 1.11. The van der Waals surface area contributed by atoms with Gasteiger partial charge in [-0.1, -0.05) is 11.6 Å². The van der Waals surface area contributed by atoms with Gasteiger partial charge in [0.1, 0.15) is 27.6 Å². The molecule has 4 nitrogen and oxygen atoms in total. The number of hydrogen-bond donors (Lipinski definition) is 2. The Hall–Kier alpha value is -1.98. The number of rotatable bonds is 3. The van der Waals surface area contributed by atoms with E-state index in [9.17, 15) is 0 Å². The van der Waals surface area contributed by atoms with Crippen molar-refractivity contribution in [3.05, 3.63) is 22.1 Å². The molecule has 0 saturated carbocycles. The molecule has 0 saturated heterocycles. The third kappa shape index (κ3) is 2.53. The van der Waals surface area contributed by atoms with Gasteiger partial charge in [0.25, 0.3) is 0 Å². The summed E-state index contributed by atoms with van der Waals surface area (Å²) in [6.07, 6.45) is 2.00. The molecule has 0 atom stereocenters. The van der Waals surface area contributed by atoms with Crippen LogP contribution in [0.5, 0.6) is 0 Å². The number of allylic oxidation sites excluding steroid dienone is 1. The Labute approximate surface area is 98.6 Å². The first-order valence-corrected chi connectivity index (χ1v) is 5.51. The second-order valence-corrected chi connectivity index (χ2v) is 4.46. The van der Waals surface area contributed by atoms with E-state index in [1.54, 1.807) is 0 Å². The van der Waals surface area contributed by atoms with E-state index in [2.05, 4.69) is 5.32 Å². The van der Waals surface area contributed by atoms with Crippen LogP contribution < -0.4 is 11.1 Å². The van der Waals surface area contributed by atoms with Crippen molar-refractivity contribution in [2.75, 3.05) is 17.6 Å². The van der Waals surface area contributed by atoms with Gasteiger partial charge in [0, 0.05) is 6.54 Å². The molecule has 16 heavy (non-hydrogen) atoms. The molecule has 0 bridgehead atoms. The van der Waals surface area contributed by atoms with Crippen LogP contribution in [0.3, 0.4) is 0 Å². The highest BCUT2D eigenvalue weighted by atomic mass is 32.1. The Kier molecular flexibility index (Phi) is 3.93. The van der Waals surface area contributed by atoms with E-state index in [0.29, 0.717) is 22.0 Å². The topological polar surface area (TPSA) is 85.6 Å². The highest BCUT2D eigenvalue weighted by Crippen LogP contribution is 2.34. The first-order valence-electron chi connectivity index (χ1n) is 4.69. The standard InChI is InChI=1S/C11H12N4S/c1-7(2)3-4-15-11-8(5-12)10(14)9(6-13)16-11/h3,15H,4,14H2,1-2H3. The van der Waals surface area contributed by atoms with Crippen LogP contribution in [0.15, 0.2) is 11.6 Å². The number of hydrogen-bond acceptors (Lipinski definition) is 5. The average Bonchev–Trinajstić information content (AvgIpc) is 2.54. The SMILES string of the molecule is CC(C)=CCNc1sc(C#N)c(N)c1C#N. The quantitative estimate of drug-likeness (QED) is 0.784. The Balaban J connectivity index is 2.94. The minimum absolute atomic E-state index is 0.273. The molecule has 1 aromatic heterocycles. The minimum Gasteiger partial charge on any atom is -0.396 e. The van der Waals surface area contributed by atoms with Gasteiger partial charge in [0.15, 0.2) is 0 Å². The van der Waals surface area contributed by atoms with Gasteiger partial charge in [-0.15, -0.1) is 11.3 Å². The van der Waals surface area contributed by atoms with Gasteiger partial charge in [-0.25, -0.2) is 0 Å². The number of nitrogen functional groups attached to an aromatic ring is 1. The molecule has 0 aliphatic carbocycles. The molecule has 0 aliphatic heterocycles. The number of nitrogens with two attached hydrogens (primary N) is 1. The van der Waals surface area contributed by atoms with Crippen LogP contribution in [0, 0.1) is 22.7 Å². The van der Waals surface area contributed by atoms with E-state index >= 15 is 0 Å². The van der Waals surface area contributed by atoms with E-state index in [1.807, 2.05) is 32.1 Å². The lowest BCUT2D eigenvalue weighted by atomic mass is 10.2. The van der Waals surface area contributed by atoms with Crippen molar-refractivity contribution in [1.29, 1.82) is 10.5 Å². The van der Waals surface area contributed by atoms with Gasteiger partial charge >= 0.3 is 0 Å². The monoisotopic (exact) mass is 232 g/mol. The van der Waals surface area contributed by atoms with Crippen LogP contribution in [0.2, 0.25) is 0 Å². The van der Waals surface area contributed by atoms with E-state index in [1.165, 1.54) is 16.9 Å². The number of thiophene rings is 1. The van der Waals surface area contributed by atoms with Crippen molar-refractivity contribution in [3.63, 3.8) is 0 Å². The highest BCUT2D eigenvalue weighted by Gasteiger charge is 2.14. The zero-order valence-electron chi connectivity index (χ0n) is 9.16. The van der Waals surface area contributed by atoms with E-state index < -0.39 is 0 Å². The molecule has 0 radical (unpaired) electrons. The molecule has 0 unspecified atom stereocenters. The fraction of sp³-hybridized carbons (Fsp3) is 0.273. The lowest BCUT2D eigenvalue weighted by Gasteiger charge is -2.00. The van der Waals surface area contributed by atoms with Crippen molar-refractivity contribution in [2.45, 2.75) is 13.8 Å². The van der Waals surface area contributed by atoms with Crippen LogP contribution in [0.1, 0.15) is 24.3 Å². The molecule has 1 heterocycles. The Morgan fingerprint density at radius 2 is 2.12 bits per heavy atom. The van der Waals surface area contributed by atoms with Gasteiger partial charge < -0.3 is 11.1 Å². The van der Waals surface area contributed by atoms with Crippen LogP contribution in [-0.4, -0.2) is 6.54 Å². The van der Waals surface area contributed by atoms with Crippen molar-refractivity contribution in [3.8, 4) is 12.1 Å². The molecule has 0 aromatic carbocycles. The summed E-state index contributed by atoms with van der Waals surface area (Å²) >= 11 is 1.21. The molecule has 0 amide bonds. The van der Waals surface area contributed by atoms with Gasteiger partial charge in [-0.3, -0.25) is 0 Å². The normalized spacial score (nSPS) is 9.00. The molecular weight excluding hydrogens is 220 g/mol. The predicted molar refractivity (Wildman–Crippen MR) is 66.1 cm³/mol. The van der Waals surface area contributed by atoms with Crippen LogP contribution in [0.4, 0.5) is 10.7 Å². The van der Waals surface area contributed by atoms with Crippen molar-refractivity contribution in [1.82, 2.24) is 0 Å².